The van der Waals surface area contributed by atoms with Crippen molar-refractivity contribution >= 4 is 5.97 Å². The first-order valence-corrected chi connectivity index (χ1v) is 5.29. The molecule has 0 fully saturated rings. The first-order chi connectivity index (χ1) is 6.81. The molecule has 0 aliphatic heterocycles. The van der Waals surface area contributed by atoms with Gasteiger partial charge < -0.3 is 9.47 Å². The average Bonchev–Trinajstić information content (AvgIpc) is 2.12. The number of esters is 1. The molecule has 0 heterocycles. The van der Waals surface area contributed by atoms with Gasteiger partial charge in [0.2, 0.25) is 0 Å². The molecule has 0 saturated carbocycles. The SMILES string of the molecule is COC(=O)C(C)(COC(C)C)NC(C)C. The van der Waals surface area contributed by atoms with E-state index in [9.17, 15) is 4.79 Å². The number of hydrogen-bond donors (Lipinski definition) is 1. The molecular formula is C11H23NO3. The minimum Gasteiger partial charge on any atom is -0.468 e. The minimum absolute atomic E-state index is 0.0999. The standard InChI is InChI=1S/C11H23NO3/c1-8(2)12-11(5,10(13)14-6)7-15-9(3)4/h8-9,12H,7H2,1-6H3. The molecule has 1 atom stereocenters. The summed E-state index contributed by atoms with van der Waals surface area (Å²) in [4.78, 5) is 11.6. The molecule has 0 radical (unpaired) electrons. The summed E-state index contributed by atoms with van der Waals surface area (Å²) in [6.45, 7) is 9.95. The molecule has 0 bridgehead atoms. The monoisotopic (exact) mass is 217 g/mol. The maximum absolute atomic E-state index is 11.6. The zero-order chi connectivity index (χ0) is 12.1. The lowest BCUT2D eigenvalue weighted by Gasteiger charge is -2.30. The van der Waals surface area contributed by atoms with E-state index in [2.05, 4.69) is 5.32 Å². The fourth-order valence-corrected chi connectivity index (χ4v) is 1.36. The van der Waals surface area contributed by atoms with E-state index >= 15 is 0 Å². The van der Waals surface area contributed by atoms with Crippen LogP contribution in [0.2, 0.25) is 0 Å². The minimum atomic E-state index is -0.771. The Labute approximate surface area is 92.3 Å². The molecular weight excluding hydrogens is 194 g/mol. The van der Waals surface area contributed by atoms with E-state index in [-0.39, 0.29) is 18.1 Å². The van der Waals surface area contributed by atoms with Crippen molar-refractivity contribution in [2.45, 2.75) is 52.3 Å². The van der Waals surface area contributed by atoms with Crippen LogP contribution in [0, 0.1) is 0 Å². The Morgan fingerprint density at radius 2 is 1.87 bits per heavy atom. The van der Waals surface area contributed by atoms with Crippen LogP contribution in [0.4, 0.5) is 0 Å². The Morgan fingerprint density at radius 1 is 1.33 bits per heavy atom. The van der Waals surface area contributed by atoms with Crippen molar-refractivity contribution in [1.82, 2.24) is 5.32 Å². The molecule has 0 aromatic rings. The lowest BCUT2D eigenvalue weighted by molar-refractivity contribution is -0.151. The van der Waals surface area contributed by atoms with Crippen molar-refractivity contribution in [3.63, 3.8) is 0 Å². The third kappa shape index (κ3) is 5.14. The van der Waals surface area contributed by atoms with Crippen LogP contribution in [0.1, 0.15) is 34.6 Å². The Kier molecular flexibility index (Phi) is 5.83. The van der Waals surface area contributed by atoms with E-state index in [1.807, 2.05) is 27.7 Å². The first kappa shape index (κ1) is 14.4. The predicted molar refractivity (Wildman–Crippen MR) is 59.8 cm³/mol. The van der Waals surface area contributed by atoms with Crippen LogP contribution >= 0.6 is 0 Å². The largest absolute Gasteiger partial charge is 0.468 e. The van der Waals surface area contributed by atoms with E-state index in [1.54, 1.807) is 6.92 Å². The lowest BCUT2D eigenvalue weighted by atomic mass is 10.0. The maximum atomic E-state index is 11.6. The van der Waals surface area contributed by atoms with Gasteiger partial charge in [0, 0.05) is 6.04 Å². The predicted octanol–water partition coefficient (Wildman–Crippen LogP) is 1.34. The molecule has 0 aromatic carbocycles. The van der Waals surface area contributed by atoms with Crippen LogP contribution < -0.4 is 5.32 Å². The number of rotatable bonds is 6. The van der Waals surface area contributed by atoms with E-state index in [1.165, 1.54) is 7.11 Å². The maximum Gasteiger partial charge on any atom is 0.328 e. The molecule has 0 rings (SSSR count). The summed E-state index contributed by atoms with van der Waals surface area (Å²) in [5.41, 5.74) is -0.771. The number of hydrogen-bond acceptors (Lipinski definition) is 4. The molecule has 4 nitrogen and oxygen atoms in total. The highest BCUT2D eigenvalue weighted by Gasteiger charge is 2.35. The summed E-state index contributed by atoms with van der Waals surface area (Å²) in [6.07, 6.45) is 0.0999. The highest BCUT2D eigenvalue weighted by molar-refractivity contribution is 5.80. The van der Waals surface area contributed by atoms with E-state index in [4.69, 9.17) is 9.47 Å². The quantitative estimate of drug-likeness (QED) is 0.682. The van der Waals surface area contributed by atoms with Crippen LogP contribution in [0.25, 0.3) is 0 Å². The highest BCUT2D eigenvalue weighted by Crippen LogP contribution is 2.10. The number of ether oxygens (including phenoxy) is 2. The number of methoxy groups -OCH3 is 1. The molecule has 0 spiro atoms. The summed E-state index contributed by atoms with van der Waals surface area (Å²) in [5, 5.41) is 3.16. The second kappa shape index (κ2) is 6.08. The van der Waals surface area contributed by atoms with E-state index in [0.717, 1.165) is 0 Å². The normalized spacial score (nSPS) is 15.5. The fraction of sp³-hybridized carbons (Fsp3) is 0.909. The second-order valence-electron chi connectivity index (χ2n) is 4.48. The molecule has 1 unspecified atom stereocenters. The second-order valence-corrected chi connectivity index (χ2v) is 4.48. The molecule has 0 saturated heterocycles. The molecule has 1 N–H and O–H groups in total. The van der Waals surface area contributed by atoms with Gasteiger partial charge in [0.25, 0.3) is 0 Å². The van der Waals surface area contributed by atoms with Gasteiger partial charge in [-0.15, -0.1) is 0 Å². The molecule has 15 heavy (non-hydrogen) atoms. The van der Waals surface area contributed by atoms with Gasteiger partial charge in [-0.1, -0.05) is 0 Å². The van der Waals surface area contributed by atoms with Gasteiger partial charge in [-0.3, -0.25) is 5.32 Å². The number of carbonyl (C=O) groups excluding carboxylic acids is 1. The van der Waals surface area contributed by atoms with Crippen molar-refractivity contribution in [3.8, 4) is 0 Å². The lowest BCUT2D eigenvalue weighted by Crippen LogP contribution is -2.56. The van der Waals surface area contributed by atoms with Gasteiger partial charge in [0.1, 0.15) is 5.54 Å². The van der Waals surface area contributed by atoms with Crippen molar-refractivity contribution in [2.24, 2.45) is 0 Å². The van der Waals surface area contributed by atoms with Gasteiger partial charge in [-0.2, -0.15) is 0 Å². The van der Waals surface area contributed by atoms with Gasteiger partial charge in [0.05, 0.1) is 19.8 Å². The summed E-state index contributed by atoms with van der Waals surface area (Å²) < 4.78 is 10.2. The van der Waals surface area contributed by atoms with Crippen molar-refractivity contribution in [2.75, 3.05) is 13.7 Å². The van der Waals surface area contributed by atoms with Gasteiger partial charge >= 0.3 is 5.97 Å². The molecule has 0 amide bonds. The van der Waals surface area contributed by atoms with E-state index < -0.39 is 5.54 Å². The highest BCUT2D eigenvalue weighted by atomic mass is 16.5. The van der Waals surface area contributed by atoms with Crippen LogP contribution in [0.15, 0.2) is 0 Å². The summed E-state index contributed by atoms with van der Waals surface area (Å²) in [6, 6.07) is 0.199. The Hall–Kier alpha value is -0.610. The van der Waals surface area contributed by atoms with Gasteiger partial charge in [-0.25, -0.2) is 4.79 Å². The van der Waals surface area contributed by atoms with Crippen LogP contribution in [-0.2, 0) is 14.3 Å². The third-order valence-electron chi connectivity index (χ3n) is 1.95. The molecule has 0 aliphatic rings. The zero-order valence-corrected chi connectivity index (χ0v) is 10.6. The van der Waals surface area contributed by atoms with Gasteiger partial charge in [-0.05, 0) is 34.6 Å². The Morgan fingerprint density at radius 3 is 2.20 bits per heavy atom. The van der Waals surface area contributed by atoms with Crippen LogP contribution in [0.5, 0.6) is 0 Å². The van der Waals surface area contributed by atoms with Crippen molar-refractivity contribution < 1.29 is 14.3 Å². The van der Waals surface area contributed by atoms with E-state index in [0.29, 0.717) is 6.61 Å². The smallest absolute Gasteiger partial charge is 0.328 e. The third-order valence-corrected chi connectivity index (χ3v) is 1.95. The van der Waals surface area contributed by atoms with Crippen molar-refractivity contribution in [3.05, 3.63) is 0 Å². The summed E-state index contributed by atoms with van der Waals surface area (Å²) in [5.74, 6) is -0.295. The molecule has 0 aliphatic carbocycles. The average molecular weight is 217 g/mol. The number of nitrogens with one attached hydrogen (secondary N) is 1. The summed E-state index contributed by atoms with van der Waals surface area (Å²) in [7, 11) is 1.39. The van der Waals surface area contributed by atoms with Gasteiger partial charge in [0.15, 0.2) is 0 Å². The first-order valence-electron chi connectivity index (χ1n) is 5.29. The zero-order valence-electron chi connectivity index (χ0n) is 10.6. The van der Waals surface area contributed by atoms with Crippen molar-refractivity contribution in [1.29, 1.82) is 0 Å². The molecule has 90 valence electrons. The molecule has 4 heteroatoms. The molecule has 0 aromatic heterocycles. The summed E-state index contributed by atoms with van der Waals surface area (Å²) >= 11 is 0. The van der Waals surface area contributed by atoms with Crippen LogP contribution in [0.3, 0.4) is 0 Å². The Bertz CT molecular complexity index is 204. The number of carbonyl (C=O) groups is 1. The topological polar surface area (TPSA) is 47.6 Å². The Balaban J connectivity index is 4.47. The fourth-order valence-electron chi connectivity index (χ4n) is 1.36. The van der Waals surface area contributed by atoms with Crippen LogP contribution in [-0.4, -0.2) is 37.4 Å².